The lowest BCUT2D eigenvalue weighted by molar-refractivity contribution is -0.119. The van der Waals surface area contributed by atoms with E-state index in [1.807, 2.05) is 0 Å². The van der Waals surface area contributed by atoms with Crippen molar-refractivity contribution < 1.29 is 9.59 Å². The molecule has 140 valence electrons. The van der Waals surface area contributed by atoms with Gasteiger partial charge in [-0.1, -0.05) is 23.4 Å². The number of carbonyl (C=O) groups excluding carboxylic acids is 2. The van der Waals surface area contributed by atoms with Crippen LogP contribution in [0.15, 0.2) is 17.2 Å². The Morgan fingerprint density at radius 2 is 1.77 bits per heavy atom. The van der Waals surface area contributed by atoms with Gasteiger partial charge in [-0.25, -0.2) is 4.79 Å². The summed E-state index contributed by atoms with van der Waals surface area (Å²) in [5.41, 5.74) is -0.100. The van der Waals surface area contributed by atoms with Gasteiger partial charge in [0.05, 0.1) is 5.25 Å². The summed E-state index contributed by atoms with van der Waals surface area (Å²) >= 11 is 6.96. The van der Waals surface area contributed by atoms with Gasteiger partial charge in [0.15, 0.2) is 5.15 Å². The van der Waals surface area contributed by atoms with E-state index in [1.54, 1.807) is 19.1 Å². The van der Waals surface area contributed by atoms with Crippen LogP contribution in [0.2, 0.25) is 5.15 Å². The van der Waals surface area contributed by atoms with E-state index in [9.17, 15) is 9.59 Å². The van der Waals surface area contributed by atoms with E-state index in [2.05, 4.69) is 20.8 Å². The predicted octanol–water partition coefficient (Wildman–Crippen LogP) is 3.41. The van der Waals surface area contributed by atoms with E-state index in [1.165, 1.54) is 31.0 Å². The van der Waals surface area contributed by atoms with Gasteiger partial charge in [0.1, 0.15) is 5.03 Å². The van der Waals surface area contributed by atoms with Crippen LogP contribution in [-0.4, -0.2) is 32.9 Å². The molecule has 3 amide bonds. The van der Waals surface area contributed by atoms with Gasteiger partial charge in [-0.05, 0) is 75.3 Å². The van der Waals surface area contributed by atoms with Gasteiger partial charge in [0.25, 0.3) is 0 Å². The van der Waals surface area contributed by atoms with Crippen LogP contribution in [0.5, 0.6) is 0 Å². The molecule has 0 aliphatic heterocycles. The van der Waals surface area contributed by atoms with Gasteiger partial charge in [-0.2, -0.15) is 0 Å². The molecule has 26 heavy (non-hydrogen) atoms. The molecule has 4 bridgehead atoms. The number of nitrogens with zero attached hydrogens (tertiary/aromatic N) is 2. The topological polar surface area (TPSA) is 84.0 Å². The zero-order valence-corrected chi connectivity index (χ0v) is 16.3. The largest absolute Gasteiger partial charge is 0.332 e. The highest BCUT2D eigenvalue weighted by Crippen LogP contribution is 2.55. The molecule has 4 saturated carbocycles. The average molecular weight is 395 g/mol. The molecule has 0 aromatic carbocycles. The molecule has 2 N–H and O–H groups in total. The first-order valence-electron chi connectivity index (χ1n) is 9.20. The first kappa shape index (κ1) is 18.0. The lowest BCUT2D eigenvalue weighted by Crippen LogP contribution is -2.62. The third-order valence-corrected chi connectivity index (χ3v) is 7.16. The lowest BCUT2D eigenvalue weighted by Gasteiger charge is -2.56. The van der Waals surface area contributed by atoms with Gasteiger partial charge in [-0.15, -0.1) is 10.2 Å². The van der Waals surface area contributed by atoms with Gasteiger partial charge < -0.3 is 5.32 Å². The fraction of sp³-hybridized carbons (Fsp3) is 0.667. The number of urea groups is 1. The summed E-state index contributed by atoms with van der Waals surface area (Å²) in [7, 11) is 0. The Balaban J connectivity index is 1.31. The first-order valence-corrected chi connectivity index (χ1v) is 10.5. The van der Waals surface area contributed by atoms with Gasteiger partial charge in [-0.3, -0.25) is 10.1 Å². The Kier molecular flexibility index (Phi) is 4.86. The van der Waals surface area contributed by atoms with Gasteiger partial charge in [0.2, 0.25) is 5.91 Å². The van der Waals surface area contributed by atoms with Crippen LogP contribution in [0.4, 0.5) is 4.79 Å². The summed E-state index contributed by atoms with van der Waals surface area (Å²) in [5, 5.41) is 13.8. The number of hydrogen-bond acceptors (Lipinski definition) is 5. The molecule has 4 aliphatic rings. The Bertz CT molecular complexity index is 676. The minimum atomic E-state index is -0.451. The molecule has 4 fully saturated rings. The summed E-state index contributed by atoms with van der Waals surface area (Å²) in [6, 6.07) is 2.96. The predicted molar refractivity (Wildman–Crippen MR) is 99.9 cm³/mol. The zero-order valence-electron chi connectivity index (χ0n) is 14.7. The van der Waals surface area contributed by atoms with Crippen molar-refractivity contribution in [1.29, 1.82) is 0 Å². The molecule has 0 spiro atoms. The molecular weight excluding hydrogens is 372 g/mol. The van der Waals surface area contributed by atoms with Crippen molar-refractivity contribution in [3.05, 3.63) is 17.3 Å². The van der Waals surface area contributed by atoms with Crippen molar-refractivity contribution >= 4 is 35.3 Å². The van der Waals surface area contributed by atoms with Crippen molar-refractivity contribution in [1.82, 2.24) is 20.8 Å². The summed E-state index contributed by atoms with van der Waals surface area (Å²) in [6.07, 6.45) is 7.13. The molecule has 0 radical (unpaired) electrons. The highest BCUT2D eigenvalue weighted by Gasteiger charge is 2.51. The second-order valence-electron chi connectivity index (χ2n) is 8.10. The van der Waals surface area contributed by atoms with Crippen LogP contribution in [-0.2, 0) is 4.79 Å². The summed E-state index contributed by atoms with van der Waals surface area (Å²) in [5.74, 6) is 1.91. The molecule has 1 atom stereocenters. The van der Waals surface area contributed by atoms with Crippen LogP contribution in [0.25, 0.3) is 0 Å². The minimum Gasteiger partial charge on any atom is -0.332 e. The molecule has 1 heterocycles. The van der Waals surface area contributed by atoms with Crippen molar-refractivity contribution in [2.24, 2.45) is 17.8 Å². The van der Waals surface area contributed by atoms with Crippen molar-refractivity contribution in [3.8, 4) is 0 Å². The Labute approximate surface area is 162 Å². The standard InChI is InChI=1S/C18H23ClN4O2S/c1-10(26-15-3-2-14(19)22-23-15)16(24)20-17(25)21-18-7-11-4-12(8-18)6-13(5-11)9-18/h2-3,10-13H,4-9H2,1H3,(H2,20,21,24,25)/t10-,11?,12?,13?,18?/m0/s1. The molecule has 5 rings (SSSR count). The maximum Gasteiger partial charge on any atom is 0.321 e. The first-order chi connectivity index (χ1) is 12.4. The highest BCUT2D eigenvalue weighted by atomic mass is 35.5. The van der Waals surface area contributed by atoms with E-state index >= 15 is 0 Å². The number of imide groups is 1. The maximum atomic E-state index is 12.4. The highest BCUT2D eigenvalue weighted by molar-refractivity contribution is 8.00. The van der Waals surface area contributed by atoms with Crippen LogP contribution in [0.1, 0.15) is 45.4 Å². The molecular formula is C18H23ClN4O2S. The second kappa shape index (κ2) is 7.00. The quantitative estimate of drug-likeness (QED) is 0.764. The molecule has 1 aromatic rings. The van der Waals surface area contributed by atoms with Crippen LogP contribution >= 0.6 is 23.4 Å². The fourth-order valence-corrected chi connectivity index (χ4v) is 6.21. The van der Waals surface area contributed by atoms with E-state index in [0.717, 1.165) is 37.0 Å². The van der Waals surface area contributed by atoms with Crippen molar-refractivity contribution in [3.63, 3.8) is 0 Å². The SMILES string of the molecule is C[C@H](Sc1ccc(Cl)nn1)C(=O)NC(=O)NC12CC3CC(CC(C3)C1)C2. The summed E-state index contributed by atoms with van der Waals surface area (Å²) in [4.78, 5) is 24.8. The number of halogens is 1. The van der Waals surface area contributed by atoms with Crippen LogP contribution < -0.4 is 10.6 Å². The number of thioether (sulfide) groups is 1. The maximum absolute atomic E-state index is 12.4. The second-order valence-corrected chi connectivity index (χ2v) is 9.84. The molecule has 4 aliphatic carbocycles. The third kappa shape index (κ3) is 3.83. The summed E-state index contributed by atoms with van der Waals surface area (Å²) in [6.45, 7) is 1.74. The summed E-state index contributed by atoms with van der Waals surface area (Å²) < 4.78 is 0. The van der Waals surface area contributed by atoms with E-state index in [-0.39, 0.29) is 17.5 Å². The van der Waals surface area contributed by atoms with Gasteiger partial charge >= 0.3 is 6.03 Å². The normalized spacial score (nSPS) is 32.9. The Hall–Kier alpha value is -1.34. The smallest absolute Gasteiger partial charge is 0.321 e. The Morgan fingerprint density at radius 3 is 2.31 bits per heavy atom. The van der Waals surface area contributed by atoms with Crippen LogP contribution in [0, 0.1) is 17.8 Å². The number of rotatable bonds is 4. The van der Waals surface area contributed by atoms with E-state index < -0.39 is 5.25 Å². The molecule has 0 unspecified atom stereocenters. The monoisotopic (exact) mass is 394 g/mol. The third-order valence-electron chi connectivity index (χ3n) is 5.93. The van der Waals surface area contributed by atoms with Gasteiger partial charge in [0, 0.05) is 5.54 Å². The number of carbonyl (C=O) groups is 2. The van der Waals surface area contributed by atoms with Crippen LogP contribution in [0.3, 0.4) is 0 Å². The molecule has 0 saturated heterocycles. The molecule has 8 heteroatoms. The Morgan fingerprint density at radius 1 is 1.15 bits per heavy atom. The van der Waals surface area contributed by atoms with E-state index in [4.69, 9.17) is 11.6 Å². The number of aromatic nitrogens is 2. The minimum absolute atomic E-state index is 0.100. The number of hydrogen-bond donors (Lipinski definition) is 2. The number of nitrogens with one attached hydrogen (secondary N) is 2. The van der Waals surface area contributed by atoms with Crippen molar-refractivity contribution in [2.45, 2.75) is 61.3 Å². The lowest BCUT2D eigenvalue weighted by atomic mass is 9.53. The average Bonchev–Trinajstić information content (AvgIpc) is 2.55. The molecule has 1 aromatic heterocycles. The number of amides is 3. The fourth-order valence-electron chi connectivity index (χ4n) is 5.35. The van der Waals surface area contributed by atoms with Crippen molar-refractivity contribution in [2.75, 3.05) is 0 Å². The zero-order chi connectivity index (χ0) is 18.3. The van der Waals surface area contributed by atoms with E-state index in [0.29, 0.717) is 10.2 Å². The molecule has 6 nitrogen and oxygen atoms in total.